The fourth-order valence-corrected chi connectivity index (χ4v) is 0.691. The maximum absolute atomic E-state index is 12.5. The Labute approximate surface area is 68.5 Å². The van der Waals surface area contributed by atoms with E-state index in [1.54, 1.807) is 0 Å². The molecule has 1 aromatic carbocycles. The van der Waals surface area contributed by atoms with E-state index in [4.69, 9.17) is 5.53 Å². The summed E-state index contributed by atoms with van der Waals surface area (Å²) >= 11 is 0. The fraction of sp³-hybridized carbons (Fsp3) is 0. The van der Waals surface area contributed by atoms with Crippen LogP contribution in [0.2, 0.25) is 0 Å². The molecule has 0 bridgehead atoms. The van der Waals surface area contributed by atoms with Crippen molar-refractivity contribution in [3.05, 3.63) is 29.1 Å². The van der Waals surface area contributed by atoms with Gasteiger partial charge < -0.3 is 0 Å². The van der Waals surface area contributed by atoms with E-state index in [9.17, 15) is 22.0 Å². The van der Waals surface area contributed by atoms with Crippen LogP contribution in [0.15, 0.2) is 5.11 Å². The van der Waals surface area contributed by atoms with E-state index in [1.165, 1.54) is 0 Å². The number of rotatable bonds is 1. The third-order valence-corrected chi connectivity index (χ3v) is 1.30. The van der Waals surface area contributed by atoms with Gasteiger partial charge in [0.2, 0.25) is 5.82 Å². The van der Waals surface area contributed by atoms with Gasteiger partial charge in [-0.25, -0.2) is 27.5 Å². The first-order chi connectivity index (χ1) is 6.00. The molecule has 1 N–H and O–H groups in total. The molecular formula is C6HF5N2. The first kappa shape index (κ1) is 9.56. The number of benzene rings is 1. The zero-order valence-corrected chi connectivity index (χ0v) is 5.84. The van der Waals surface area contributed by atoms with E-state index in [2.05, 4.69) is 5.11 Å². The van der Waals surface area contributed by atoms with Crippen molar-refractivity contribution in [1.29, 1.82) is 5.53 Å². The molecule has 13 heavy (non-hydrogen) atoms. The molecule has 0 amide bonds. The SMILES string of the molecule is N=Nc1c(F)c(F)c(F)c(F)c1F. The van der Waals surface area contributed by atoms with Crippen LogP contribution in [-0.2, 0) is 0 Å². The third-order valence-electron chi connectivity index (χ3n) is 1.30. The van der Waals surface area contributed by atoms with Gasteiger partial charge in [-0.05, 0) is 0 Å². The standard InChI is InChI=1S/C6HF5N2/c7-1-2(8)4(10)6(13-12)5(11)3(1)9/h12H. The van der Waals surface area contributed by atoms with Gasteiger partial charge in [-0.2, -0.15) is 5.11 Å². The van der Waals surface area contributed by atoms with Crippen LogP contribution in [0.1, 0.15) is 0 Å². The molecule has 0 spiro atoms. The molecule has 0 aliphatic rings. The second-order valence-corrected chi connectivity index (χ2v) is 2.03. The molecule has 1 rings (SSSR count). The quantitative estimate of drug-likeness (QED) is 0.310. The Kier molecular flexibility index (Phi) is 2.26. The lowest BCUT2D eigenvalue weighted by atomic mass is 10.2. The lowest BCUT2D eigenvalue weighted by molar-refractivity contribution is 0.380. The Morgan fingerprint density at radius 1 is 0.692 bits per heavy atom. The van der Waals surface area contributed by atoms with Crippen molar-refractivity contribution >= 4 is 5.69 Å². The molecule has 0 unspecified atom stereocenters. The van der Waals surface area contributed by atoms with Crippen LogP contribution in [0.4, 0.5) is 27.6 Å². The highest BCUT2D eigenvalue weighted by molar-refractivity contribution is 5.40. The molecule has 0 aliphatic heterocycles. The summed E-state index contributed by atoms with van der Waals surface area (Å²) in [5.74, 6) is -10.7. The van der Waals surface area contributed by atoms with E-state index < -0.39 is 34.8 Å². The Hall–Kier alpha value is -1.53. The summed E-state index contributed by atoms with van der Waals surface area (Å²) in [6.07, 6.45) is 0. The number of nitrogens with zero attached hydrogens (tertiary/aromatic N) is 1. The van der Waals surface area contributed by atoms with E-state index in [1.807, 2.05) is 0 Å². The Morgan fingerprint density at radius 2 is 1.00 bits per heavy atom. The lowest BCUT2D eigenvalue weighted by Gasteiger charge is -2.01. The van der Waals surface area contributed by atoms with Crippen molar-refractivity contribution in [3.8, 4) is 0 Å². The van der Waals surface area contributed by atoms with Crippen molar-refractivity contribution in [2.45, 2.75) is 0 Å². The van der Waals surface area contributed by atoms with Gasteiger partial charge in [0, 0.05) is 0 Å². The largest absolute Gasteiger partial charge is 0.204 e. The van der Waals surface area contributed by atoms with Crippen LogP contribution in [0.5, 0.6) is 0 Å². The minimum Gasteiger partial charge on any atom is -0.204 e. The van der Waals surface area contributed by atoms with Crippen molar-refractivity contribution in [2.24, 2.45) is 5.11 Å². The predicted octanol–water partition coefficient (Wildman–Crippen LogP) is 3.04. The minimum atomic E-state index is -2.26. The first-order valence-corrected chi connectivity index (χ1v) is 2.89. The van der Waals surface area contributed by atoms with Gasteiger partial charge >= 0.3 is 0 Å². The predicted molar refractivity (Wildman–Crippen MR) is 31.0 cm³/mol. The summed E-state index contributed by atoms with van der Waals surface area (Å²) in [5.41, 5.74) is 4.69. The van der Waals surface area contributed by atoms with E-state index in [0.717, 1.165) is 0 Å². The molecule has 70 valence electrons. The molecule has 7 heteroatoms. The smallest absolute Gasteiger partial charge is 0.200 e. The lowest BCUT2D eigenvalue weighted by Crippen LogP contribution is -2.00. The maximum Gasteiger partial charge on any atom is 0.200 e. The van der Waals surface area contributed by atoms with Crippen LogP contribution < -0.4 is 0 Å². The Morgan fingerprint density at radius 3 is 1.31 bits per heavy atom. The van der Waals surface area contributed by atoms with E-state index >= 15 is 0 Å². The second kappa shape index (κ2) is 3.08. The minimum absolute atomic E-state index is 1.49. The number of hydrogen-bond acceptors (Lipinski definition) is 2. The van der Waals surface area contributed by atoms with E-state index in [-0.39, 0.29) is 0 Å². The summed E-state index contributed by atoms with van der Waals surface area (Å²) in [6, 6.07) is 0. The first-order valence-electron chi connectivity index (χ1n) is 2.89. The topological polar surface area (TPSA) is 36.2 Å². The van der Waals surface area contributed by atoms with E-state index in [0.29, 0.717) is 0 Å². The summed E-state index contributed by atoms with van der Waals surface area (Å²) < 4.78 is 61.8. The van der Waals surface area contributed by atoms with Crippen LogP contribution in [0, 0.1) is 34.6 Å². The highest BCUT2D eigenvalue weighted by atomic mass is 19.2. The van der Waals surface area contributed by atoms with Crippen LogP contribution in [0.3, 0.4) is 0 Å². The Balaban J connectivity index is 3.66. The van der Waals surface area contributed by atoms with Gasteiger partial charge in [-0.3, -0.25) is 0 Å². The molecule has 0 saturated heterocycles. The third kappa shape index (κ3) is 1.25. The van der Waals surface area contributed by atoms with Gasteiger partial charge in [0.05, 0.1) is 0 Å². The molecule has 0 fully saturated rings. The van der Waals surface area contributed by atoms with Crippen LogP contribution >= 0.6 is 0 Å². The number of hydrogen-bond donors (Lipinski definition) is 1. The Bertz CT molecular complexity index is 347. The second-order valence-electron chi connectivity index (χ2n) is 2.03. The maximum atomic E-state index is 12.5. The summed E-state index contributed by atoms with van der Waals surface area (Å²) in [5, 5.41) is 2.19. The molecule has 1 aromatic rings. The molecule has 0 heterocycles. The van der Waals surface area contributed by atoms with Crippen molar-refractivity contribution in [1.82, 2.24) is 0 Å². The van der Waals surface area contributed by atoms with Crippen LogP contribution in [0.25, 0.3) is 0 Å². The van der Waals surface area contributed by atoms with Gasteiger partial charge in [0.15, 0.2) is 29.0 Å². The average Bonchev–Trinajstić information content (AvgIpc) is 2.13. The molecule has 0 radical (unpaired) electrons. The average molecular weight is 196 g/mol. The molecule has 0 atom stereocenters. The van der Waals surface area contributed by atoms with Crippen molar-refractivity contribution < 1.29 is 22.0 Å². The highest BCUT2D eigenvalue weighted by Crippen LogP contribution is 2.28. The number of nitrogens with one attached hydrogen (secondary N) is 1. The summed E-state index contributed by atoms with van der Waals surface area (Å²) in [6.45, 7) is 0. The van der Waals surface area contributed by atoms with Gasteiger partial charge in [-0.15, -0.1) is 0 Å². The molecule has 0 aliphatic carbocycles. The molecule has 2 nitrogen and oxygen atoms in total. The molecular weight excluding hydrogens is 195 g/mol. The highest BCUT2D eigenvalue weighted by Gasteiger charge is 2.25. The van der Waals surface area contributed by atoms with Crippen LogP contribution in [-0.4, -0.2) is 0 Å². The monoisotopic (exact) mass is 196 g/mol. The van der Waals surface area contributed by atoms with Gasteiger partial charge in [0.25, 0.3) is 0 Å². The molecule has 0 aromatic heterocycles. The summed E-state index contributed by atoms with van der Waals surface area (Å²) in [7, 11) is 0. The number of halogens is 5. The molecule has 0 saturated carbocycles. The zero-order chi connectivity index (χ0) is 10.2. The zero-order valence-electron chi connectivity index (χ0n) is 5.84. The van der Waals surface area contributed by atoms with Crippen molar-refractivity contribution in [3.63, 3.8) is 0 Å². The van der Waals surface area contributed by atoms with Gasteiger partial charge in [-0.1, -0.05) is 0 Å². The normalized spacial score (nSPS) is 10.2. The van der Waals surface area contributed by atoms with Crippen molar-refractivity contribution in [2.75, 3.05) is 0 Å². The fourth-order valence-electron chi connectivity index (χ4n) is 0.691. The van der Waals surface area contributed by atoms with Gasteiger partial charge in [0.1, 0.15) is 0 Å². The summed E-state index contributed by atoms with van der Waals surface area (Å²) in [4.78, 5) is 0.